The second-order valence-electron chi connectivity index (χ2n) is 8.30. The zero-order chi connectivity index (χ0) is 26.0. The fraction of sp³-hybridized carbons (Fsp3) is 0.318. The zero-order valence-electron chi connectivity index (χ0n) is 18.7. The van der Waals surface area contributed by atoms with Gasteiger partial charge in [0, 0.05) is 29.6 Å². The van der Waals surface area contributed by atoms with Gasteiger partial charge < -0.3 is 40.1 Å². The Bertz CT molecular complexity index is 1310. The summed E-state index contributed by atoms with van der Waals surface area (Å²) in [4.78, 5) is 45.5. The van der Waals surface area contributed by atoms with Crippen molar-refractivity contribution < 1.29 is 53.1 Å². The SMILES string of the molecule is O=C(N[C@@H](Cc1c[nH]c2ccccc12)C(=O)O)c1ccc[n+]([C@@H]2O[C@H](COP(=O)(O)O)[C@@H](O)[C@H]2O)c1. The number of ether oxygens (including phenoxy) is 1. The minimum atomic E-state index is -4.82. The molecule has 36 heavy (non-hydrogen) atoms. The van der Waals surface area contributed by atoms with Gasteiger partial charge in [0.25, 0.3) is 12.1 Å². The number of hydrogen-bond donors (Lipinski definition) is 7. The number of hydrogen-bond acceptors (Lipinski definition) is 7. The molecule has 2 aromatic heterocycles. The van der Waals surface area contributed by atoms with Gasteiger partial charge >= 0.3 is 13.8 Å². The van der Waals surface area contributed by atoms with Gasteiger partial charge in [-0.25, -0.2) is 9.36 Å². The van der Waals surface area contributed by atoms with Crippen molar-refractivity contribution in [3.63, 3.8) is 0 Å². The smallest absolute Gasteiger partial charge is 0.469 e. The van der Waals surface area contributed by atoms with E-state index in [2.05, 4.69) is 14.8 Å². The molecule has 0 bridgehead atoms. The molecule has 3 aromatic rings. The van der Waals surface area contributed by atoms with Crippen LogP contribution in [0, 0.1) is 0 Å². The van der Waals surface area contributed by atoms with Crippen LogP contribution in [0.1, 0.15) is 22.1 Å². The molecule has 4 rings (SSSR count). The van der Waals surface area contributed by atoms with Crippen LogP contribution in [0.3, 0.4) is 0 Å². The first kappa shape index (κ1) is 25.9. The molecule has 0 unspecified atom stereocenters. The normalized spacial score (nSPS) is 23.0. The van der Waals surface area contributed by atoms with E-state index in [9.17, 15) is 29.5 Å². The number of amides is 1. The van der Waals surface area contributed by atoms with E-state index in [1.54, 1.807) is 6.20 Å². The van der Waals surface area contributed by atoms with Crippen LogP contribution >= 0.6 is 7.82 Å². The molecule has 1 saturated heterocycles. The number of aromatic amines is 1. The number of carbonyl (C=O) groups excluding carboxylic acids is 1. The molecule has 1 fully saturated rings. The van der Waals surface area contributed by atoms with Crippen molar-refractivity contribution in [3.8, 4) is 0 Å². The van der Waals surface area contributed by atoms with E-state index >= 15 is 0 Å². The number of nitrogens with one attached hydrogen (secondary N) is 2. The molecular weight excluding hydrogens is 497 g/mol. The minimum Gasteiger partial charge on any atom is -0.480 e. The van der Waals surface area contributed by atoms with Crippen LogP contribution in [-0.4, -0.2) is 72.9 Å². The molecule has 0 radical (unpaired) electrons. The van der Waals surface area contributed by atoms with Crippen molar-refractivity contribution in [1.29, 1.82) is 0 Å². The molecule has 1 aliphatic heterocycles. The summed E-state index contributed by atoms with van der Waals surface area (Å²) in [5.41, 5.74) is 1.62. The Hall–Kier alpha value is -3.16. The zero-order valence-corrected chi connectivity index (χ0v) is 19.6. The number of H-pyrrole nitrogens is 1. The number of benzene rings is 1. The average Bonchev–Trinajstić information content (AvgIpc) is 3.37. The first-order valence-corrected chi connectivity index (χ1v) is 12.4. The highest BCUT2D eigenvalue weighted by molar-refractivity contribution is 7.46. The van der Waals surface area contributed by atoms with Gasteiger partial charge in [-0.15, -0.1) is 0 Å². The summed E-state index contributed by atoms with van der Waals surface area (Å²) in [6.07, 6.45) is -0.964. The van der Waals surface area contributed by atoms with Crippen molar-refractivity contribution in [3.05, 3.63) is 66.1 Å². The first-order chi connectivity index (χ1) is 17.0. The fourth-order valence-corrected chi connectivity index (χ4v) is 4.37. The molecule has 1 aromatic carbocycles. The van der Waals surface area contributed by atoms with Crippen molar-refractivity contribution in [1.82, 2.24) is 10.3 Å². The number of pyridine rings is 1. The van der Waals surface area contributed by atoms with Crippen molar-refractivity contribution in [2.45, 2.75) is 37.0 Å². The summed E-state index contributed by atoms with van der Waals surface area (Å²) in [6, 6.07) is 9.05. The molecule has 7 N–H and O–H groups in total. The number of phosphoric acid groups is 1. The van der Waals surface area contributed by atoms with Crippen LogP contribution in [0.15, 0.2) is 55.0 Å². The number of carbonyl (C=O) groups is 2. The lowest BCUT2D eigenvalue weighted by Crippen LogP contribution is -2.47. The molecule has 0 saturated carbocycles. The van der Waals surface area contributed by atoms with Gasteiger partial charge in [0.15, 0.2) is 18.5 Å². The Morgan fingerprint density at radius 3 is 2.64 bits per heavy atom. The van der Waals surface area contributed by atoms with E-state index in [-0.39, 0.29) is 12.0 Å². The van der Waals surface area contributed by atoms with Gasteiger partial charge in [-0.05, 0) is 17.7 Å². The van der Waals surface area contributed by atoms with Gasteiger partial charge in [0.05, 0.1) is 6.61 Å². The Balaban J connectivity index is 1.47. The molecule has 13 nitrogen and oxygen atoms in total. The van der Waals surface area contributed by atoms with E-state index < -0.39 is 56.9 Å². The summed E-state index contributed by atoms with van der Waals surface area (Å²) >= 11 is 0. The van der Waals surface area contributed by atoms with Crippen molar-refractivity contribution >= 4 is 30.6 Å². The Morgan fingerprint density at radius 1 is 1.17 bits per heavy atom. The number of fused-ring (bicyclic) bond motifs is 1. The molecule has 14 heteroatoms. The number of carboxylic acid groups (broad SMARTS) is 1. The summed E-state index contributed by atoms with van der Waals surface area (Å²) in [5, 5.41) is 33.6. The number of phosphoric ester groups is 1. The topological polar surface area (TPSA) is 203 Å². The van der Waals surface area contributed by atoms with Crippen LogP contribution in [0.4, 0.5) is 0 Å². The quantitative estimate of drug-likeness (QED) is 0.143. The first-order valence-electron chi connectivity index (χ1n) is 10.8. The lowest BCUT2D eigenvalue weighted by atomic mass is 10.0. The standard InChI is InChI=1S/C22H24N3O10P/c26-18-17(11-34-36(31,32)33)35-21(19(18)27)25-7-3-4-12(10-25)20(28)24-16(22(29)30)8-13-9-23-15-6-2-1-5-14(13)15/h1-7,9-10,16-19,21,23,26-27H,8,11H2,(H3-,24,28,29,30,31,32,33)/p+1/t16-,17+,18+,19+,21+/m0/s1. The molecule has 3 heterocycles. The largest absolute Gasteiger partial charge is 0.480 e. The number of aliphatic hydroxyl groups is 2. The lowest BCUT2D eigenvalue weighted by Gasteiger charge is -2.15. The molecule has 0 spiro atoms. The summed E-state index contributed by atoms with van der Waals surface area (Å²) in [6.45, 7) is -0.673. The number of aliphatic hydroxyl groups excluding tert-OH is 2. The predicted molar refractivity (Wildman–Crippen MR) is 121 cm³/mol. The lowest BCUT2D eigenvalue weighted by molar-refractivity contribution is -0.765. The maximum atomic E-state index is 12.9. The minimum absolute atomic E-state index is 0.0375. The van der Waals surface area contributed by atoms with E-state index in [0.29, 0.717) is 0 Å². The van der Waals surface area contributed by atoms with Gasteiger partial charge in [0.2, 0.25) is 0 Å². The van der Waals surface area contributed by atoms with Crippen LogP contribution < -0.4 is 9.88 Å². The molecular formula is C22H25N3O10P+. The fourth-order valence-electron chi connectivity index (χ4n) is 4.03. The number of rotatable bonds is 9. The van der Waals surface area contributed by atoms with Crippen LogP contribution in [-0.2, 0) is 25.0 Å². The number of aliphatic carboxylic acids is 1. The van der Waals surface area contributed by atoms with Crippen LogP contribution in [0.5, 0.6) is 0 Å². The average molecular weight is 522 g/mol. The number of carboxylic acids is 1. The van der Waals surface area contributed by atoms with E-state index in [1.807, 2.05) is 24.3 Å². The second kappa shape index (κ2) is 10.4. The maximum absolute atomic E-state index is 12.9. The van der Waals surface area contributed by atoms with E-state index in [0.717, 1.165) is 16.5 Å². The molecule has 0 aliphatic carbocycles. The van der Waals surface area contributed by atoms with Gasteiger partial charge in [-0.2, -0.15) is 4.57 Å². The van der Waals surface area contributed by atoms with Crippen LogP contribution in [0.2, 0.25) is 0 Å². The van der Waals surface area contributed by atoms with Gasteiger partial charge in [0.1, 0.15) is 23.8 Å². The second-order valence-corrected chi connectivity index (χ2v) is 9.54. The molecule has 1 aliphatic rings. The number of nitrogens with zero attached hydrogens (tertiary/aromatic N) is 1. The summed E-state index contributed by atoms with van der Waals surface area (Å²) < 4.78 is 22.1. The number of aromatic nitrogens is 2. The molecule has 192 valence electrons. The monoisotopic (exact) mass is 522 g/mol. The van der Waals surface area contributed by atoms with Gasteiger partial charge in [-0.3, -0.25) is 9.32 Å². The highest BCUT2D eigenvalue weighted by atomic mass is 31.2. The number of para-hydroxylation sites is 1. The summed E-state index contributed by atoms with van der Waals surface area (Å²) in [5.74, 6) is -1.91. The van der Waals surface area contributed by atoms with Gasteiger partial charge in [-0.1, -0.05) is 18.2 Å². The third-order valence-electron chi connectivity index (χ3n) is 5.82. The predicted octanol–water partition coefficient (Wildman–Crippen LogP) is -0.390. The summed E-state index contributed by atoms with van der Waals surface area (Å²) in [7, 11) is -4.82. The van der Waals surface area contributed by atoms with Crippen molar-refractivity contribution in [2.24, 2.45) is 0 Å². The molecule has 5 atom stereocenters. The van der Waals surface area contributed by atoms with Crippen LogP contribution in [0.25, 0.3) is 10.9 Å². The maximum Gasteiger partial charge on any atom is 0.469 e. The van der Waals surface area contributed by atoms with E-state index in [1.165, 1.54) is 29.1 Å². The third kappa shape index (κ3) is 5.79. The highest BCUT2D eigenvalue weighted by Crippen LogP contribution is 2.37. The van der Waals surface area contributed by atoms with Crippen molar-refractivity contribution in [2.75, 3.05) is 6.61 Å². The van der Waals surface area contributed by atoms with E-state index in [4.69, 9.17) is 14.5 Å². The Morgan fingerprint density at radius 2 is 1.92 bits per heavy atom. The Kier molecular flexibility index (Phi) is 7.52. The third-order valence-corrected chi connectivity index (χ3v) is 6.31. The highest BCUT2D eigenvalue weighted by Gasteiger charge is 2.49. The Labute approximate surface area is 204 Å². The molecule has 1 amide bonds.